The fourth-order valence-corrected chi connectivity index (χ4v) is 4.46. The highest BCUT2D eigenvalue weighted by Crippen LogP contribution is 2.32. The molecule has 178 valence electrons. The first-order chi connectivity index (χ1) is 16.7. The maximum atomic E-state index is 13.1. The van der Waals surface area contributed by atoms with Gasteiger partial charge in [-0.1, -0.05) is 18.2 Å². The number of carboxylic acids is 1. The molecule has 4 aromatic rings. The number of carboxylic acid groups (broad SMARTS) is 1. The summed E-state index contributed by atoms with van der Waals surface area (Å²) < 4.78 is 6.22. The second-order valence-electron chi connectivity index (χ2n) is 8.62. The van der Waals surface area contributed by atoms with Crippen LogP contribution in [0.2, 0.25) is 0 Å². The molecule has 35 heavy (non-hydrogen) atoms. The molecular weight excluding hydrogens is 452 g/mol. The lowest BCUT2D eigenvalue weighted by atomic mass is 10.0. The Kier molecular flexibility index (Phi) is 5.28. The predicted molar refractivity (Wildman–Crippen MR) is 130 cm³/mol. The smallest absolute Gasteiger partial charge is 0.337 e. The summed E-state index contributed by atoms with van der Waals surface area (Å²) in [5, 5.41) is 13.1. The number of hydrogen-bond acceptors (Lipinski definition) is 7. The average molecular weight is 474 g/mol. The lowest BCUT2D eigenvalue weighted by Crippen LogP contribution is -2.25. The summed E-state index contributed by atoms with van der Waals surface area (Å²) in [5.41, 5.74) is 2.06. The SMILES string of the molecule is Cc1cc([C@@H](C)Nc2ccccc2C(=O)O)c2oc(N3Cc4[nH]c(=O)[nH]c(=O)c4C3)cc(=O)c2c1. The van der Waals surface area contributed by atoms with E-state index in [4.69, 9.17) is 4.42 Å². The molecule has 0 fully saturated rings. The quantitative estimate of drug-likeness (QED) is 0.345. The molecule has 4 N–H and O–H groups in total. The van der Waals surface area contributed by atoms with E-state index in [9.17, 15) is 24.3 Å². The lowest BCUT2D eigenvalue weighted by molar-refractivity contribution is 0.0698. The molecule has 0 unspecified atom stereocenters. The molecule has 2 aromatic carbocycles. The van der Waals surface area contributed by atoms with Crippen molar-refractivity contribution in [1.29, 1.82) is 0 Å². The van der Waals surface area contributed by atoms with E-state index in [0.717, 1.165) is 5.56 Å². The van der Waals surface area contributed by atoms with Gasteiger partial charge in [0.05, 0.1) is 35.6 Å². The van der Waals surface area contributed by atoms with Crippen molar-refractivity contribution in [3.63, 3.8) is 0 Å². The Morgan fingerprint density at radius 3 is 2.66 bits per heavy atom. The standard InChI is InChI=1S/C25H22N4O6/c1-12-7-15(13(2)26-18-6-4-3-5-14(18)24(32)33)22-16(8-12)20(30)9-21(35-22)29-10-17-19(11-29)27-25(34)28-23(17)31/h3-9,13,26H,10-11H2,1-2H3,(H,32,33)(H2,27,28,31,34)/t13-/m1/s1. The van der Waals surface area contributed by atoms with Gasteiger partial charge in [-0.15, -0.1) is 0 Å². The molecule has 1 aliphatic rings. The first kappa shape index (κ1) is 22.2. The zero-order chi connectivity index (χ0) is 24.9. The van der Waals surface area contributed by atoms with Crippen molar-refractivity contribution in [2.24, 2.45) is 0 Å². The normalized spacial score (nSPS) is 13.6. The largest absolute Gasteiger partial charge is 0.478 e. The van der Waals surface area contributed by atoms with Gasteiger partial charge in [-0.2, -0.15) is 0 Å². The number of nitrogens with one attached hydrogen (secondary N) is 3. The van der Waals surface area contributed by atoms with Gasteiger partial charge in [-0.3, -0.25) is 14.6 Å². The molecule has 10 heteroatoms. The Morgan fingerprint density at radius 2 is 1.89 bits per heavy atom. The third-order valence-corrected chi connectivity index (χ3v) is 6.12. The number of aryl methyl sites for hydroxylation is 1. The molecule has 0 bridgehead atoms. The summed E-state index contributed by atoms with van der Waals surface area (Å²) in [6, 6.07) is 11.2. The van der Waals surface area contributed by atoms with Gasteiger partial charge >= 0.3 is 11.7 Å². The molecule has 0 saturated carbocycles. The van der Waals surface area contributed by atoms with Crippen LogP contribution in [0.1, 0.15) is 45.7 Å². The number of para-hydroxylation sites is 1. The van der Waals surface area contributed by atoms with Crippen LogP contribution < -0.4 is 26.9 Å². The van der Waals surface area contributed by atoms with Gasteiger partial charge in [-0.05, 0) is 37.6 Å². The van der Waals surface area contributed by atoms with Crippen LogP contribution >= 0.6 is 0 Å². The zero-order valence-electron chi connectivity index (χ0n) is 19.0. The summed E-state index contributed by atoms with van der Waals surface area (Å²) >= 11 is 0. The summed E-state index contributed by atoms with van der Waals surface area (Å²) in [4.78, 5) is 55.1. The van der Waals surface area contributed by atoms with Crippen molar-refractivity contribution in [3.8, 4) is 0 Å². The predicted octanol–water partition coefficient (Wildman–Crippen LogP) is 2.87. The van der Waals surface area contributed by atoms with Crippen molar-refractivity contribution >= 4 is 28.5 Å². The van der Waals surface area contributed by atoms with Crippen molar-refractivity contribution < 1.29 is 14.3 Å². The Balaban J connectivity index is 1.58. The number of carbonyl (C=O) groups is 1. The van der Waals surface area contributed by atoms with Crippen LogP contribution in [0.5, 0.6) is 0 Å². The third-order valence-electron chi connectivity index (χ3n) is 6.12. The molecule has 0 amide bonds. The molecule has 5 rings (SSSR count). The number of nitrogens with zero attached hydrogens (tertiary/aromatic N) is 1. The van der Waals surface area contributed by atoms with Gasteiger partial charge in [0.1, 0.15) is 5.58 Å². The first-order valence-corrected chi connectivity index (χ1v) is 11.0. The maximum absolute atomic E-state index is 13.1. The number of hydrogen-bond donors (Lipinski definition) is 4. The van der Waals surface area contributed by atoms with Crippen LogP contribution in [0.3, 0.4) is 0 Å². The molecule has 0 saturated heterocycles. The number of aromatic amines is 2. The molecule has 0 radical (unpaired) electrons. The summed E-state index contributed by atoms with van der Waals surface area (Å²) in [6.07, 6.45) is 0. The minimum Gasteiger partial charge on any atom is -0.478 e. The van der Waals surface area contributed by atoms with Crippen LogP contribution in [-0.2, 0) is 13.1 Å². The zero-order valence-corrected chi connectivity index (χ0v) is 19.0. The van der Waals surface area contributed by atoms with E-state index in [0.29, 0.717) is 33.5 Å². The van der Waals surface area contributed by atoms with Crippen molar-refractivity contribution in [2.75, 3.05) is 10.2 Å². The Bertz CT molecular complexity index is 1670. The highest BCUT2D eigenvalue weighted by Gasteiger charge is 2.26. The lowest BCUT2D eigenvalue weighted by Gasteiger charge is -2.21. The molecule has 1 atom stereocenters. The number of rotatable bonds is 5. The van der Waals surface area contributed by atoms with Crippen molar-refractivity contribution in [3.05, 3.63) is 101 Å². The molecule has 2 aromatic heterocycles. The number of H-pyrrole nitrogens is 2. The molecule has 10 nitrogen and oxygen atoms in total. The summed E-state index contributed by atoms with van der Waals surface area (Å²) in [5.74, 6) is -0.785. The maximum Gasteiger partial charge on any atom is 0.337 e. The second kappa shape index (κ2) is 8.32. The third kappa shape index (κ3) is 3.99. The number of aromatic nitrogens is 2. The van der Waals surface area contributed by atoms with Gasteiger partial charge in [0.15, 0.2) is 5.43 Å². The van der Waals surface area contributed by atoms with E-state index in [-0.39, 0.29) is 30.0 Å². The van der Waals surface area contributed by atoms with Crippen LogP contribution in [0.4, 0.5) is 11.6 Å². The van der Waals surface area contributed by atoms with E-state index in [1.54, 1.807) is 29.2 Å². The first-order valence-electron chi connectivity index (χ1n) is 11.0. The molecule has 0 spiro atoms. The highest BCUT2D eigenvalue weighted by atomic mass is 16.4. The number of anilines is 2. The number of fused-ring (bicyclic) bond motifs is 2. The average Bonchev–Trinajstić information content (AvgIpc) is 3.23. The minimum atomic E-state index is -1.05. The molecular formula is C25H22N4O6. The van der Waals surface area contributed by atoms with Crippen LogP contribution in [0, 0.1) is 6.92 Å². The fraction of sp³-hybridized carbons (Fsp3) is 0.200. The van der Waals surface area contributed by atoms with Gasteiger partial charge in [0, 0.05) is 23.0 Å². The van der Waals surface area contributed by atoms with Crippen molar-refractivity contribution in [1.82, 2.24) is 9.97 Å². The Morgan fingerprint density at radius 1 is 1.11 bits per heavy atom. The monoisotopic (exact) mass is 474 g/mol. The van der Waals surface area contributed by atoms with E-state index < -0.39 is 23.3 Å². The topological polar surface area (TPSA) is 148 Å². The molecule has 3 heterocycles. The summed E-state index contributed by atoms with van der Waals surface area (Å²) in [7, 11) is 0. The van der Waals surface area contributed by atoms with E-state index in [1.807, 2.05) is 19.9 Å². The Hall–Kier alpha value is -4.60. The van der Waals surface area contributed by atoms with Crippen molar-refractivity contribution in [2.45, 2.75) is 33.0 Å². The number of benzene rings is 2. The van der Waals surface area contributed by atoms with Gasteiger partial charge < -0.3 is 24.7 Å². The fourth-order valence-electron chi connectivity index (χ4n) is 4.46. The van der Waals surface area contributed by atoms with E-state index in [2.05, 4.69) is 15.3 Å². The van der Waals surface area contributed by atoms with Crippen LogP contribution in [0.25, 0.3) is 11.0 Å². The van der Waals surface area contributed by atoms with E-state index in [1.165, 1.54) is 12.1 Å². The van der Waals surface area contributed by atoms with Crippen LogP contribution in [-0.4, -0.2) is 21.0 Å². The summed E-state index contributed by atoms with van der Waals surface area (Å²) in [6.45, 7) is 4.12. The number of aromatic carboxylic acids is 1. The Labute approximate surface area is 197 Å². The molecule has 1 aliphatic heterocycles. The van der Waals surface area contributed by atoms with Gasteiger partial charge in [-0.25, -0.2) is 9.59 Å². The molecule has 0 aliphatic carbocycles. The van der Waals surface area contributed by atoms with Gasteiger partial charge in [0.25, 0.3) is 5.56 Å². The van der Waals surface area contributed by atoms with E-state index >= 15 is 0 Å². The highest BCUT2D eigenvalue weighted by molar-refractivity contribution is 5.94. The second-order valence-corrected chi connectivity index (χ2v) is 8.62. The minimum absolute atomic E-state index is 0.132. The van der Waals surface area contributed by atoms with Crippen LogP contribution in [0.15, 0.2) is 61.3 Å². The van der Waals surface area contributed by atoms with Gasteiger partial charge in [0.2, 0.25) is 5.88 Å².